The molecule has 0 aromatic rings. The molecule has 0 fully saturated rings. The largest absolute Gasteiger partial charge is 0.271 e. The molecule has 0 saturated carbocycles. The number of nitrogens with two attached hydrogens (primary N) is 1. The Hall–Kier alpha value is 0.500. The van der Waals surface area contributed by atoms with Gasteiger partial charge in [-0.15, -0.1) is 24.8 Å². The highest BCUT2D eigenvalue weighted by molar-refractivity contribution is 5.85. The summed E-state index contributed by atoms with van der Waals surface area (Å²) in [5, 5.41) is 0. The second-order valence-corrected chi connectivity index (χ2v) is 2.82. The van der Waals surface area contributed by atoms with E-state index in [4.69, 9.17) is 5.84 Å². The second-order valence-electron chi connectivity index (χ2n) is 2.82. The van der Waals surface area contributed by atoms with E-state index in [2.05, 4.69) is 19.3 Å². The van der Waals surface area contributed by atoms with Gasteiger partial charge in [-0.25, -0.2) is 0 Å². The lowest BCUT2D eigenvalue weighted by Crippen LogP contribution is -2.28. The summed E-state index contributed by atoms with van der Waals surface area (Å²) < 4.78 is 0. The van der Waals surface area contributed by atoms with E-state index in [1.807, 2.05) is 0 Å². The van der Waals surface area contributed by atoms with Crippen molar-refractivity contribution >= 4 is 24.8 Å². The third-order valence-corrected chi connectivity index (χ3v) is 1.95. The highest BCUT2D eigenvalue weighted by Crippen LogP contribution is 2.10. The molecule has 2 nitrogen and oxygen atoms in total. The first kappa shape index (κ1) is 18.3. The molecule has 0 aromatic carbocycles. The van der Waals surface area contributed by atoms with Crippen LogP contribution in [-0.4, -0.2) is 6.54 Å². The van der Waals surface area contributed by atoms with E-state index < -0.39 is 0 Å². The van der Waals surface area contributed by atoms with Gasteiger partial charge >= 0.3 is 0 Å². The van der Waals surface area contributed by atoms with E-state index in [0.29, 0.717) is 0 Å². The van der Waals surface area contributed by atoms with Crippen molar-refractivity contribution in [2.75, 3.05) is 6.54 Å². The topological polar surface area (TPSA) is 38.0 Å². The van der Waals surface area contributed by atoms with Crippen LogP contribution in [0.4, 0.5) is 0 Å². The van der Waals surface area contributed by atoms with Crippen LogP contribution in [-0.2, 0) is 0 Å². The molecule has 0 bridgehead atoms. The molecule has 0 aromatic heterocycles. The molecular formula is C8H22Cl2N2. The van der Waals surface area contributed by atoms with Crippen molar-refractivity contribution in [3.8, 4) is 0 Å². The fourth-order valence-corrected chi connectivity index (χ4v) is 1.11. The van der Waals surface area contributed by atoms with Crippen molar-refractivity contribution in [3.63, 3.8) is 0 Å². The van der Waals surface area contributed by atoms with Crippen LogP contribution in [0.2, 0.25) is 0 Å². The van der Waals surface area contributed by atoms with E-state index in [1.54, 1.807) is 0 Å². The Labute approximate surface area is 88.5 Å². The van der Waals surface area contributed by atoms with Crippen LogP contribution in [0.5, 0.6) is 0 Å². The van der Waals surface area contributed by atoms with Gasteiger partial charge in [-0.05, 0) is 12.3 Å². The standard InChI is InChI=1S/C8H20N2.2ClH/c1-3-5-6-8(4-2)7-10-9;;/h8,10H,3-7,9H2,1-2H3;2*1H. The lowest BCUT2D eigenvalue weighted by Gasteiger charge is -2.12. The Bertz CT molecular complexity index is 72.1. The average molecular weight is 217 g/mol. The van der Waals surface area contributed by atoms with Gasteiger partial charge in [-0.2, -0.15) is 0 Å². The molecular weight excluding hydrogens is 195 g/mol. The smallest absolute Gasteiger partial charge is 0.0126 e. The zero-order valence-electron chi connectivity index (χ0n) is 8.01. The van der Waals surface area contributed by atoms with Gasteiger partial charge in [0.15, 0.2) is 0 Å². The summed E-state index contributed by atoms with van der Waals surface area (Å²) in [5.74, 6) is 6.01. The first-order valence-corrected chi connectivity index (χ1v) is 4.28. The van der Waals surface area contributed by atoms with Crippen molar-refractivity contribution < 1.29 is 0 Å². The van der Waals surface area contributed by atoms with Crippen molar-refractivity contribution in [1.82, 2.24) is 5.43 Å². The number of unbranched alkanes of at least 4 members (excludes halogenated alkanes) is 1. The quantitative estimate of drug-likeness (QED) is 0.530. The highest BCUT2D eigenvalue weighted by atomic mass is 35.5. The van der Waals surface area contributed by atoms with Gasteiger partial charge in [0.1, 0.15) is 0 Å². The fraction of sp³-hybridized carbons (Fsp3) is 1.00. The lowest BCUT2D eigenvalue weighted by molar-refractivity contribution is 0.424. The van der Waals surface area contributed by atoms with E-state index in [9.17, 15) is 0 Å². The molecule has 1 atom stereocenters. The molecule has 0 aliphatic carbocycles. The van der Waals surface area contributed by atoms with Crippen molar-refractivity contribution in [2.24, 2.45) is 11.8 Å². The molecule has 0 spiro atoms. The minimum absolute atomic E-state index is 0. The van der Waals surface area contributed by atoms with Crippen LogP contribution in [0, 0.1) is 5.92 Å². The Morgan fingerprint density at radius 2 is 1.83 bits per heavy atom. The van der Waals surface area contributed by atoms with Crippen LogP contribution in [0.15, 0.2) is 0 Å². The van der Waals surface area contributed by atoms with Crippen LogP contribution < -0.4 is 11.3 Å². The molecule has 12 heavy (non-hydrogen) atoms. The van der Waals surface area contributed by atoms with Crippen LogP contribution in [0.1, 0.15) is 39.5 Å². The maximum Gasteiger partial charge on any atom is 0.0126 e. The zero-order valence-corrected chi connectivity index (χ0v) is 9.64. The predicted octanol–water partition coefficient (Wildman–Crippen LogP) is 2.51. The maximum absolute atomic E-state index is 5.23. The van der Waals surface area contributed by atoms with Gasteiger partial charge in [0.25, 0.3) is 0 Å². The lowest BCUT2D eigenvalue weighted by atomic mass is 10.00. The van der Waals surface area contributed by atoms with Gasteiger partial charge in [0.05, 0.1) is 0 Å². The molecule has 78 valence electrons. The van der Waals surface area contributed by atoms with Crippen LogP contribution in [0.3, 0.4) is 0 Å². The third-order valence-electron chi connectivity index (χ3n) is 1.95. The molecule has 0 heterocycles. The van der Waals surface area contributed by atoms with Crippen molar-refractivity contribution in [1.29, 1.82) is 0 Å². The number of nitrogens with one attached hydrogen (secondary N) is 1. The summed E-state index contributed by atoms with van der Waals surface area (Å²) in [7, 11) is 0. The highest BCUT2D eigenvalue weighted by Gasteiger charge is 2.02. The molecule has 1 unspecified atom stereocenters. The molecule has 4 heteroatoms. The van der Waals surface area contributed by atoms with Crippen LogP contribution >= 0.6 is 24.8 Å². The minimum Gasteiger partial charge on any atom is -0.271 e. The number of halogens is 2. The first-order valence-electron chi connectivity index (χ1n) is 4.28. The van der Waals surface area contributed by atoms with E-state index in [0.717, 1.165) is 12.5 Å². The molecule has 0 radical (unpaired) electrons. The average Bonchev–Trinajstić information content (AvgIpc) is 1.98. The number of hydrogen-bond donors (Lipinski definition) is 2. The SMILES string of the molecule is CCCCC(CC)CNN.Cl.Cl. The summed E-state index contributed by atoms with van der Waals surface area (Å²) in [4.78, 5) is 0. The first-order chi connectivity index (χ1) is 4.85. The summed E-state index contributed by atoms with van der Waals surface area (Å²) >= 11 is 0. The maximum atomic E-state index is 5.23. The normalized spacial score (nSPS) is 11.2. The van der Waals surface area contributed by atoms with Gasteiger partial charge < -0.3 is 0 Å². The molecule has 0 amide bonds. The van der Waals surface area contributed by atoms with Gasteiger partial charge in [0.2, 0.25) is 0 Å². The molecule has 0 rings (SSSR count). The fourth-order valence-electron chi connectivity index (χ4n) is 1.11. The van der Waals surface area contributed by atoms with Gasteiger partial charge in [0, 0.05) is 6.54 Å². The predicted molar refractivity (Wildman–Crippen MR) is 60.0 cm³/mol. The van der Waals surface area contributed by atoms with Gasteiger partial charge in [-0.1, -0.05) is 33.1 Å². The minimum atomic E-state index is 0. The van der Waals surface area contributed by atoms with E-state index in [1.165, 1.54) is 25.7 Å². The van der Waals surface area contributed by atoms with Gasteiger partial charge in [-0.3, -0.25) is 11.3 Å². The molecule has 0 aliphatic heterocycles. The summed E-state index contributed by atoms with van der Waals surface area (Å²) in [5.41, 5.74) is 2.73. The van der Waals surface area contributed by atoms with Crippen molar-refractivity contribution in [2.45, 2.75) is 39.5 Å². The zero-order chi connectivity index (χ0) is 7.82. The monoisotopic (exact) mass is 216 g/mol. The Kier molecular flexibility index (Phi) is 21.4. The summed E-state index contributed by atoms with van der Waals surface area (Å²) in [6.07, 6.45) is 5.18. The number of hydrogen-bond acceptors (Lipinski definition) is 2. The Morgan fingerprint density at radius 1 is 1.25 bits per heavy atom. The van der Waals surface area contributed by atoms with E-state index in [-0.39, 0.29) is 24.8 Å². The number of rotatable bonds is 6. The Balaban J connectivity index is -0.000000405. The summed E-state index contributed by atoms with van der Waals surface area (Å²) in [6.45, 7) is 5.41. The Morgan fingerprint density at radius 3 is 2.17 bits per heavy atom. The second kappa shape index (κ2) is 14.0. The molecule has 0 saturated heterocycles. The van der Waals surface area contributed by atoms with Crippen LogP contribution in [0.25, 0.3) is 0 Å². The third kappa shape index (κ3) is 10.5. The molecule has 0 aliphatic rings. The van der Waals surface area contributed by atoms with E-state index >= 15 is 0 Å². The summed E-state index contributed by atoms with van der Waals surface area (Å²) in [6, 6.07) is 0. The molecule has 3 N–H and O–H groups in total. The number of hydrazine groups is 1. The van der Waals surface area contributed by atoms with Crippen molar-refractivity contribution in [3.05, 3.63) is 0 Å².